The van der Waals surface area contributed by atoms with Crippen LogP contribution in [0.2, 0.25) is 0 Å². The summed E-state index contributed by atoms with van der Waals surface area (Å²) in [6.07, 6.45) is 11.8. The smallest absolute Gasteiger partial charge is 0.165 e. The predicted molar refractivity (Wildman–Crippen MR) is 140 cm³/mol. The average molecular weight is 441 g/mol. The molecule has 3 heteroatoms. The Bertz CT molecular complexity index is 1080. The minimum absolute atomic E-state index is 0.233. The first kappa shape index (κ1) is 23.0. The molecule has 0 amide bonds. The van der Waals surface area contributed by atoms with Crippen molar-refractivity contribution in [3.8, 4) is 0 Å². The molecule has 33 heavy (non-hydrogen) atoms. The minimum Gasteiger partial charge on any atom is -0.504 e. The van der Waals surface area contributed by atoms with Gasteiger partial charge in [0.1, 0.15) is 0 Å². The SMILES string of the molecule is Cc1cc(C)c(N2C=CN(c3c(C)cc(C)cc3C)C2=C(O)C=C=C2CCCCC2)c(C)c1. The van der Waals surface area contributed by atoms with E-state index in [-0.39, 0.29) is 5.76 Å². The lowest BCUT2D eigenvalue weighted by Crippen LogP contribution is -2.26. The molecule has 1 saturated carbocycles. The van der Waals surface area contributed by atoms with Crippen LogP contribution >= 0.6 is 0 Å². The largest absolute Gasteiger partial charge is 0.504 e. The number of hydrogen-bond donors (Lipinski definition) is 1. The van der Waals surface area contributed by atoms with Gasteiger partial charge >= 0.3 is 0 Å². The van der Waals surface area contributed by atoms with Crippen molar-refractivity contribution in [2.45, 2.75) is 73.6 Å². The second-order valence-electron chi connectivity index (χ2n) is 9.69. The fourth-order valence-electron chi connectivity index (χ4n) is 5.46. The van der Waals surface area contributed by atoms with Crippen LogP contribution in [0.1, 0.15) is 65.5 Å². The molecule has 1 aliphatic carbocycles. The van der Waals surface area contributed by atoms with E-state index in [9.17, 15) is 5.11 Å². The van der Waals surface area contributed by atoms with Crippen LogP contribution in [0.15, 0.2) is 65.6 Å². The number of anilines is 2. The van der Waals surface area contributed by atoms with E-state index >= 15 is 0 Å². The van der Waals surface area contributed by atoms with E-state index in [2.05, 4.69) is 93.7 Å². The first-order valence-corrected chi connectivity index (χ1v) is 12.1. The second-order valence-corrected chi connectivity index (χ2v) is 9.69. The minimum atomic E-state index is 0.233. The summed E-state index contributed by atoms with van der Waals surface area (Å²) in [5, 5.41) is 11.4. The topological polar surface area (TPSA) is 26.7 Å². The van der Waals surface area contributed by atoms with Crippen LogP contribution in [0.4, 0.5) is 11.4 Å². The van der Waals surface area contributed by atoms with Crippen LogP contribution in [-0.2, 0) is 0 Å². The fraction of sp³-hybridized carbons (Fsp3) is 0.367. The summed E-state index contributed by atoms with van der Waals surface area (Å²) in [5.41, 5.74) is 14.2. The molecule has 0 bridgehead atoms. The van der Waals surface area contributed by atoms with Crippen LogP contribution in [-0.4, -0.2) is 5.11 Å². The van der Waals surface area contributed by atoms with Crippen LogP contribution in [0.5, 0.6) is 0 Å². The van der Waals surface area contributed by atoms with Gasteiger partial charge in [0.25, 0.3) is 0 Å². The average Bonchev–Trinajstić information content (AvgIpc) is 3.15. The summed E-state index contributed by atoms with van der Waals surface area (Å²) >= 11 is 0. The van der Waals surface area contributed by atoms with Gasteiger partial charge in [-0.3, -0.25) is 9.80 Å². The van der Waals surface area contributed by atoms with Crippen molar-refractivity contribution in [2.75, 3.05) is 9.80 Å². The molecule has 4 rings (SSSR count). The van der Waals surface area contributed by atoms with Gasteiger partial charge in [-0.2, -0.15) is 0 Å². The van der Waals surface area contributed by atoms with Crippen molar-refractivity contribution in [3.05, 3.63) is 99.0 Å². The molecule has 2 aromatic carbocycles. The van der Waals surface area contributed by atoms with E-state index in [4.69, 9.17) is 0 Å². The Morgan fingerprint density at radius 2 is 1.15 bits per heavy atom. The second kappa shape index (κ2) is 9.37. The molecule has 2 aromatic rings. The van der Waals surface area contributed by atoms with Gasteiger partial charge in [0.2, 0.25) is 0 Å². The van der Waals surface area contributed by atoms with Crippen molar-refractivity contribution in [1.29, 1.82) is 0 Å². The third-order valence-electron chi connectivity index (χ3n) is 6.67. The van der Waals surface area contributed by atoms with Crippen LogP contribution in [0.3, 0.4) is 0 Å². The molecule has 3 nitrogen and oxygen atoms in total. The summed E-state index contributed by atoms with van der Waals surface area (Å²) < 4.78 is 0. The normalized spacial score (nSPS) is 15.8. The zero-order valence-corrected chi connectivity index (χ0v) is 20.9. The summed E-state index contributed by atoms with van der Waals surface area (Å²) in [7, 11) is 0. The molecule has 2 aliphatic rings. The number of allylic oxidation sites excluding steroid dienone is 1. The van der Waals surface area contributed by atoms with Crippen molar-refractivity contribution >= 4 is 11.4 Å². The number of rotatable bonds is 3. The Morgan fingerprint density at radius 1 is 0.727 bits per heavy atom. The van der Waals surface area contributed by atoms with Crippen molar-refractivity contribution in [2.24, 2.45) is 0 Å². The highest BCUT2D eigenvalue weighted by atomic mass is 16.3. The molecule has 1 aliphatic heterocycles. The first-order valence-electron chi connectivity index (χ1n) is 12.1. The van der Waals surface area contributed by atoms with Crippen LogP contribution < -0.4 is 9.80 Å². The molecule has 0 saturated heterocycles. The van der Waals surface area contributed by atoms with E-state index in [0.717, 1.165) is 30.0 Å². The standard InChI is InChI=1S/C30H36N2O/c1-20-16-22(3)28(23(4)17-20)31-14-15-32(29-24(5)18-21(2)19-25(29)6)30(31)27(33)13-12-26-10-8-7-9-11-26/h13-19,33H,7-11H2,1-6H3. The summed E-state index contributed by atoms with van der Waals surface area (Å²) in [4.78, 5) is 4.25. The molecule has 1 heterocycles. The van der Waals surface area contributed by atoms with E-state index in [1.807, 2.05) is 0 Å². The van der Waals surface area contributed by atoms with E-state index in [1.165, 1.54) is 58.2 Å². The predicted octanol–water partition coefficient (Wildman–Crippen LogP) is 8.11. The van der Waals surface area contributed by atoms with Gasteiger partial charge in [-0.25, -0.2) is 0 Å². The number of nitrogens with zero attached hydrogens (tertiary/aromatic N) is 2. The Hall–Kier alpha value is -3.16. The number of aryl methyl sites for hydroxylation is 6. The Morgan fingerprint density at radius 3 is 1.58 bits per heavy atom. The van der Waals surface area contributed by atoms with Gasteiger partial charge in [-0.1, -0.05) is 41.8 Å². The molecule has 0 atom stereocenters. The van der Waals surface area contributed by atoms with Gasteiger partial charge < -0.3 is 5.11 Å². The number of aliphatic hydroxyl groups excluding tert-OH is 1. The van der Waals surface area contributed by atoms with Gasteiger partial charge in [0.15, 0.2) is 11.6 Å². The van der Waals surface area contributed by atoms with Crippen molar-refractivity contribution in [3.63, 3.8) is 0 Å². The lowest BCUT2D eigenvalue weighted by molar-refractivity contribution is 0.423. The molecular weight excluding hydrogens is 404 g/mol. The molecule has 1 fully saturated rings. The summed E-state index contributed by atoms with van der Waals surface area (Å²) in [5.74, 6) is 0.987. The highest BCUT2D eigenvalue weighted by Gasteiger charge is 2.29. The molecule has 1 N–H and O–H groups in total. The van der Waals surface area contributed by atoms with E-state index in [1.54, 1.807) is 6.08 Å². The van der Waals surface area contributed by atoms with Gasteiger partial charge in [0.05, 0.1) is 11.4 Å². The zero-order chi connectivity index (χ0) is 23.7. The Kier molecular flexibility index (Phi) is 6.54. The Labute approximate surface area is 199 Å². The third kappa shape index (κ3) is 4.65. The van der Waals surface area contributed by atoms with E-state index < -0.39 is 0 Å². The summed E-state index contributed by atoms with van der Waals surface area (Å²) in [6, 6.07) is 8.82. The lowest BCUT2D eigenvalue weighted by atomic mass is 9.96. The number of benzene rings is 2. The maximum Gasteiger partial charge on any atom is 0.165 e. The fourth-order valence-corrected chi connectivity index (χ4v) is 5.46. The highest BCUT2D eigenvalue weighted by molar-refractivity contribution is 5.76. The van der Waals surface area contributed by atoms with Gasteiger partial charge in [0, 0.05) is 18.5 Å². The van der Waals surface area contributed by atoms with Crippen LogP contribution in [0, 0.1) is 41.5 Å². The van der Waals surface area contributed by atoms with Crippen molar-refractivity contribution in [1.82, 2.24) is 0 Å². The van der Waals surface area contributed by atoms with Crippen molar-refractivity contribution < 1.29 is 5.11 Å². The maximum absolute atomic E-state index is 11.4. The lowest BCUT2D eigenvalue weighted by Gasteiger charge is -2.30. The quantitative estimate of drug-likeness (QED) is 0.386. The number of hydrogen-bond acceptors (Lipinski definition) is 3. The molecular formula is C30H36N2O. The molecule has 0 radical (unpaired) electrons. The van der Waals surface area contributed by atoms with Gasteiger partial charge in [-0.15, -0.1) is 5.73 Å². The Balaban J connectivity index is 1.89. The number of aliphatic hydroxyl groups is 1. The summed E-state index contributed by atoms with van der Waals surface area (Å²) in [6.45, 7) is 12.8. The molecule has 0 aromatic heterocycles. The van der Waals surface area contributed by atoms with Gasteiger partial charge in [-0.05, 0) is 95.1 Å². The zero-order valence-electron chi connectivity index (χ0n) is 20.9. The highest BCUT2D eigenvalue weighted by Crippen LogP contribution is 2.39. The first-order chi connectivity index (χ1) is 15.8. The monoisotopic (exact) mass is 440 g/mol. The molecule has 0 unspecified atom stereocenters. The third-order valence-corrected chi connectivity index (χ3v) is 6.67. The maximum atomic E-state index is 11.4. The molecule has 0 spiro atoms. The molecule has 172 valence electrons. The van der Waals surface area contributed by atoms with E-state index in [0.29, 0.717) is 0 Å². The van der Waals surface area contributed by atoms with Crippen LogP contribution in [0.25, 0.3) is 0 Å².